The van der Waals surface area contributed by atoms with Crippen LogP contribution in [-0.4, -0.2) is 38.0 Å². The standard InChI is InChI=1S/C17H20N2O/c1-19(2)12-11-18-17(20)16-10-6-9-15(13-16)14-7-4-3-5-8-14/h3-10,13H,11-12H2,1-2H3,(H,18,20). The molecule has 0 atom stereocenters. The summed E-state index contributed by atoms with van der Waals surface area (Å²) in [4.78, 5) is 14.1. The van der Waals surface area contributed by atoms with E-state index in [1.807, 2.05) is 73.6 Å². The van der Waals surface area contributed by atoms with Crippen LogP contribution in [0.5, 0.6) is 0 Å². The van der Waals surface area contributed by atoms with Crippen LogP contribution in [0.15, 0.2) is 54.6 Å². The highest BCUT2D eigenvalue weighted by Crippen LogP contribution is 2.19. The van der Waals surface area contributed by atoms with Gasteiger partial charge in [-0.25, -0.2) is 0 Å². The van der Waals surface area contributed by atoms with E-state index >= 15 is 0 Å². The first-order valence-corrected chi connectivity index (χ1v) is 6.75. The molecule has 0 heterocycles. The third-order valence-electron chi connectivity index (χ3n) is 3.08. The minimum absolute atomic E-state index is 0.0235. The van der Waals surface area contributed by atoms with Crippen molar-refractivity contribution in [2.45, 2.75) is 0 Å². The lowest BCUT2D eigenvalue weighted by molar-refractivity contribution is 0.0951. The third-order valence-corrected chi connectivity index (χ3v) is 3.08. The molecule has 0 aliphatic rings. The van der Waals surface area contributed by atoms with Gasteiger partial charge >= 0.3 is 0 Å². The maximum absolute atomic E-state index is 12.1. The molecule has 0 aromatic heterocycles. The van der Waals surface area contributed by atoms with Crippen LogP contribution in [0.1, 0.15) is 10.4 Å². The molecule has 1 amide bonds. The number of carbonyl (C=O) groups excluding carboxylic acids is 1. The smallest absolute Gasteiger partial charge is 0.251 e. The molecule has 2 aromatic rings. The lowest BCUT2D eigenvalue weighted by Gasteiger charge is -2.11. The predicted molar refractivity (Wildman–Crippen MR) is 82.8 cm³/mol. The van der Waals surface area contributed by atoms with Gasteiger partial charge in [0.1, 0.15) is 0 Å². The summed E-state index contributed by atoms with van der Waals surface area (Å²) >= 11 is 0. The molecule has 0 saturated carbocycles. The van der Waals surface area contributed by atoms with Crippen LogP contribution >= 0.6 is 0 Å². The molecule has 0 radical (unpaired) electrons. The number of nitrogens with one attached hydrogen (secondary N) is 1. The summed E-state index contributed by atoms with van der Waals surface area (Å²) in [6.45, 7) is 1.49. The van der Waals surface area contributed by atoms with Crippen LogP contribution in [-0.2, 0) is 0 Å². The Bertz CT molecular complexity index is 564. The van der Waals surface area contributed by atoms with Gasteiger partial charge in [-0.3, -0.25) is 4.79 Å². The van der Waals surface area contributed by atoms with Crippen molar-refractivity contribution in [1.82, 2.24) is 10.2 Å². The van der Waals surface area contributed by atoms with E-state index in [-0.39, 0.29) is 5.91 Å². The van der Waals surface area contributed by atoms with Crippen molar-refractivity contribution in [1.29, 1.82) is 0 Å². The van der Waals surface area contributed by atoms with E-state index in [0.29, 0.717) is 12.1 Å². The van der Waals surface area contributed by atoms with Gasteiger partial charge in [-0.05, 0) is 37.4 Å². The van der Waals surface area contributed by atoms with Crippen molar-refractivity contribution in [3.8, 4) is 11.1 Å². The van der Waals surface area contributed by atoms with Gasteiger partial charge in [0.15, 0.2) is 0 Å². The Morgan fingerprint density at radius 1 is 1.00 bits per heavy atom. The number of hydrogen-bond acceptors (Lipinski definition) is 2. The fraction of sp³-hybridized carbons (Fsp3) is 0.235. The summed E-state index contributed by atoms with van der Waals surface area (Å²) in [5, 5.41) is 2.93. The first kappa shape index (κ1) is 14.3. The Morgan fingerprint density at radius 3 is 2.40 bits per heavy atom. The fourth-order valence-electron chi connectivity index (χ4n) is 1.97. The highest BCUT2D eigenvalue weighted by Gasteiger charge is 2.06. The molecular weight excluding hydrogens is 248 g/mol. The first-order valence-electron chi connectivity index (χ1n) is 6.75. The van der Waals surface area contributed by atoms with Gasteiger partial charge in [0.05, 0.1) is 0 Å². The number of benzene rings is 2. The summed E-state index contributed by atoms with van der Waals surface area (Å²) in [6.07, 6.45) is 0. The minimum atomic E-state index is -0.0235. The molecule has 2 rings (SSSR count). The SMILES string of the molecule is CN(C)CCNC(=O)c1cccc(-c2ccccc2)c1. The molecular formula is C17H20N2O. The molecule has 1 N–H and O–H groups in total. The normalized spacial score (nSPS) is 10.6. The number of hydrogen-bond donors (Lipinski definition) is 1. The van der Waals surface area contributed by atoms with Crippen LogP contribution < -0.4 is 5.32 Å². The lowest BCUT2D eigenvalue weighted by Crippen LogP contribution is -2.31. The summed E-state index contributed by atoms with van der Waals surface area (Å²) in [5.41, 5.74) is 2.88. The Morgan fingerprint density at radius 2 is 1.70 bits per heavy atom. The summed E-state index contributed by atoms with van der Waals surface area (Å²) in [5.74, 6) is -0.0235. The second-order valence-electron chi connectivity index (χ2n) is 5.01. The van der Waals surface area contributed by atoms with Gasteiger partial charge < -0.3 is 10.2 Å². The van der Waals surface area contributed by atoms with Gasteiger partial charge in [-0.15, -0.1) is 0 Å². The molecule has 3 nitrogen and oxygen atoms in total. The van der Waals surface area contributed by atoms with E-state index in [1.165, 1.54) is 0 Å². The van der Waals surface area contributed by atoms with Gasteiger partial charge in [0, 0.05) is 18.7 Å². The van der Waals surface area contributed by atoms with E-state index in [4.69, 9.17) is 0 Å². The second-order valence-corrected chi connectivity index (χ2v) is 5.01. The maximum atomic E-state index is 12.1. The summed E-state index contributed by atoms with van der Waals surface area (Å²) in [6, 6.07) is 17.8. The Kier molecular flexibility index (Phi) is 4.91. The van der Waals surface area contributed by atoms with E-state index in [0.717, 1.165) is 17.7 Å². The average Bonchev–Trinajstić information content (AvgIpc) is 2.48. The Hall–Kier alpha value is -2.13. The largest absolute Gasteiger partial charge is 0.351 e. The second kappa shape index (κ2) is 6.87. The van der Waals surface area contributed by atoms with E-state index in [2.05, 4.69) is 5.32 Å². The number of amides is 1. The monoisotopic (exact) mass is 268 g/mol. The molecule has 0 fully saturated rings. The molecule has 0 aliphatic carbocycles. The van der Waals surface area contributed by atoms with Gasteiger partial charge in [-0.2, -0.15) is 0 Å². The summed E-state index contributed by atoms with van der Waals surface area (Å²) < 4.78 is 0. The molecule has 2 aromatic carbocycles. The molecule has 0 bridgehead atoms. The van der Waals surface area contributed by atoms with Crippen molar-refractivity contribution < 1.29 is 4.79 Å². The molecule has 20 heavy (non-hydrogen) atoms. The molecule has 0 unspecified atom stereocenters. The minimum Gasteiger partial charge on any atom is -0.351 e. The zero-order valence-electron chi connectivity index (χ0n) is 12.0. The molecule has 0 aliphatic heterocycles. The van der Waals surface area contributed by atoms with E-state index in [1.54, 1.807) is 0 Å². The number of nitrogens with zero attached hydrogens (tertiary/aromatic N) is 1. The molecule has 0 spiro atoms. The number of rotatable bonds is 5. The molecule has 3 heteroatoms. The summed E-state index contributed by atoms with van der Waals surface area (Å²) in [7, 11) is 3.98. The molecule has 0 saturated heterocycles. The first-order chi connectivity index (χ1) is 9.66. The third kappa shape index (κ3) is 3.93. The lowest BCUT2D eigenvalue weighted by atomic mass is 10.0. The van der Waals surface area contributed by atoms with Crippen LogP contribution in [0.2, 0.25) is 0 Å². The van der Waals surface area contributed by atoms with Gasteiger partial charge in [0.25, 0.3) is 5.91 Å². The van der Waals surface area contributed by atoms with E-state index in [9.17, 15) is 4.79 Å². The van der Waals surface area contributed by atoms with Crippen LogP contribution in [0.4, 0.5) is 0 Å². The van der Waals surface area contributed by atoms with Crippen molar-refractivity contribution in [3.63, 3.8) is 0 Å². The van der Waals surface area contributed by atoms with Gasteiger partial charge in [-0.1, -0.05) is 42.5 Å². The fourth-order valence-corrected chi connectivity index (χ4v) is 1.97. The molecule has 104 valence electrons. The van der Waals surface area contributed by atoms with Crippen molar-refractivity contribution >= 4 is 5.91 Å². The van der Waals surface area contributed by atoms with Crippen molar-refractivity contribution in [2.75, 3.05) is 27.2 Å². The Balaban J connectivity index is 2.08. The highest BCUT2D eigenvalue weighted by molar-refractivity contribution is 5.95. The van der Waals surface area contributed by atoms with Crippen molar-refractivity contribution in [3.05, 3.63) is 60.2 Å². The zero-order chi connectivity index (χ0) is 14.4. The zero-order valence-corrected chi connectivity index (χ0v) is 12.0. The maximum Gasteiger partial charge on any atom is 0.251 e. The topological polar surface area (TPSA) is 32.3 Å². The highest BCUT2D eigenvalue weighted by atomic mass is 16.1. The predicted octanol–water partition coefficient (Wildman–Crippen LogP) is 2.65. The number of carbonyl (C=O) groups is 1. The van der Waals surface area contributed by atoms with E-state index < -0.39 is 0 Å². The average molecular weight is 268 g/mol. The quantitative estimate of drug-likeness (QED) is 0.904. The number of likely N-dealkylation sites (N-methyl/N-ethyl adjacent to an activating group) is 1. The van der Waals surface area contributed by atoms with Crippen LogP contribution in [0.3, 0.4) is 0 Å². The van der Waals surface area contributed by atoms with Crippen LogP contribution in [0.25, 0.3) is 11.1 Å². The Labute approximate surface area is 120 Å². The van der Waals surface area contributed by atoms with Crippen molar-refractivity contribution in [2.24, 2.45) is 0 Å². The van der Waals surface area contributed by atoms with Crippen LogP contribution in [0, 0.1) is 0 Å². The van der Waals surface area contributed by atoms with Gasteiger partial charge in [0.2, 0.25) is 0 Å².